The highest BCUT2D eigenvalue weighted by molar-refractivity contribution is 4.93. The number of hydrogen-bond donors (Lipinski definition) is 1. The maximum Gasteiger partial charge on any atom is 0.106 e. The number of aryl methyl sites for hydroxylation is 1. The van der Waals surface area contributed by atoms with Crippen LogP contribution >= 0.6 is 0 Å². The zero-order valence-electron chi connectivity index (χ0n) is 8.15. The Kier molecular flexibility index (Phi) is 3.04. The molecular weight excluding hydrogens is 164 g/mol. The van der Waals surface area contributed by atoms with Crippen LogP contribution in [-0.4, -0.2) is 15.6 Å². The topological polar surface area (TPSA) is 53.6 Å². The molecule has 2 atom stereocenters. The fourth-order valence-electron chi connectivity index (χ4n) is 1.28. The Morgan fingerprint density at radius 2 is 2.31 bits per heavy atom. The van der Waals surface area contributed by atoms with Crippen molar-refractivity contribution in [1.82, 2.24) is 14.9 Å². The molecule has 1 rings (SSSR count). The second kappa shape index (κ2) is 4.06. The summed E-state index contributed by atoms with van der Waals surface area (Å²) in [6.45, 7) is 5.78. The lowest BCUT2D eigenvalue weighted by Gasteiger charge is -2.17. The fourth-order valence-corrected chi connectivity index (χ4v) is 1.28. The first-order chi connectivity index (χ1) is 6.15. The lowest BCUT2D eigenvalue weighted by molar-refractivity contribution is 0.412. The number of aromatic nitrogens is 2. The maximum atomic E-state index is 8.61. The quantitative estimate of drug-likeness (QED) is 0.757. The number of nitriles is 1. The van der Waals surface area contributed by atoms with E-state index in [9.17, 15) is 0 Å². The minimum absolute atomic E-state index is 0.108. The number of nitrogens with zero attached hydrogens (tertiary/aromatic N) is 3. The molecule has 4 nitrogen and oxygen atoms in total. The van der Waals surface area contributed by atoms with E-state index in [1.54, 1.807) is 6.20 Å². The van der Waals surface area contributed by atoms with Crippen LogP contribution in [0.25, 0.3) is 0 Å². The summed E-state index contributed by atoms with van der Waals surface area (Å²) < 4.78 is 1.99. The molecular formula is C9H14N4. The van der Waals surface area contributed by atoms with Crippen LogP contribution in [0.1, 0.15) is 25.8 Å². The van der Waals surface area contributed by atoms with Crippen molar-refractivity contribution in [3.63, 3.8) is 0 Å². The van der Waals surface area contributed by atoms with E-state index < -0.39 is 0 Å². The lowest BCUT2D eigenvalue weighted by Crippen LogP contribution is -2.31. The van der Waals surface area contributed by atoms with Gasteiger partial charge in [-0.15, -0.1) is 0 Å². The van der Waals surface area contributed by atoms with E-state index in [1.807, 2.05) is 31.5 Å². The molecule has 4 heteroatoms. The van der Waals surface area contributed by atoms with Gasteiger partial charge in [0.25, 0.3) is 0 Å². The molecule has 0 amide bonds. The van der Waals surface area contributed by atoms with Crippen LogP contribution in [0.5, 0.6) is 0 Å². The first-order valence-electron chi connectivity index (χ1n) is 4.30. The molecule has 1 aromatic rings. The van der Waals surface area contributed by atoms with Gasteiger partial charge in [-0.1, -0.05) is 0 Å². The maximum absolute atomic E-state index is 8.61. The van der Waals surface area contributed by atoms with E-state index >= 15 is 0 Å². The van der Waals surface area contributed by atoms with Gasteiger partial charge < -0.3 is 4.57 Å². The third kappa shape index (κ3) is 2.30. The van der Waals surface area contributed by atoms with E-state index in [4.69, 9.17) is 5.26 Å². The average molecular weight is 178 g/mol. The highest BCUT2D eigenvalue weighted by atomic mass is 15.2. The molecule has 1 aromatic heterocycles. The van der Waals surface area contributed by atoms with Gasteiger partial charge in [-0.05, 0) is 20.8 Å². The van der Waals surface area contributed by atoms with Crippen molar-refractivity contribution in [1.29, 1.82) is 5.26 Å². The van der Waals surface area contributed by atoms with Crippen LogP contribution < -0.4 is 5.32 Å². The van der Waals surface area contributed by atoms with Crippen molar-refractivity contribution in [3.05, 3.63) is 18.2 Å². The molecule has 0 aliphatic rings. The summed E-state index contributed by atoms with van der Waals surface area (Å²) in [5.41, 5.74) is 0. The first-order valence-corrected chi connectivity index (χ1v) is 4.30. The van der Waals surface area contributed by atoms with E-state index in [1.165, 1.54) is 0 Å². The third-order valence-electron chi connectivity index (χ3n) is 1.96. The minimum Gasteiger partial charge on any atom is -0.319 e. The van der Waals surface area contributed by atoms with Crippen LogP contribution in [0.2, 0.25) is 0 Å². The van der Waals surface area contributed by atoms with Crippen LogP contribution in [-0.2, 0) is 0 Å². The molecule has 0 aliphatic carbocycles. The number of imidazole rings is 1. The Balaban J connectivity index is 2.65. The Labute approximate surface area is 78.2 Å². The summed E-state index contributed by atoms with van der Waals surface area (Å²) in [7, 11) is 0. The molecule has 2 unspecified atom stereocenters. The van der Waals surface area contributed by atoms with E-state index in [0.29, 0.717) is 0 Å². The molecule has 1 heterocycles. The molecule has 0 spiro atoms. The second-order valence-electron chi connectivity index (χ2n) is 3.08. The highest BCUT2D eigenvalue weighted by Crippen LogP contribution is 2.05. The van der Waals surface area contributed by atoms with Gasteiger partial charge in [-0.3, -0.25) is 5.32 Å². The molecule has 70 valence electrons. The molecule has 0 saturated carbocycles. The van der Waals surface area contributed by atoms with Crippen LogP contribution in [0.3, 0.4) is 0 Å². The SMILES string of the molecule is Cc1nccn1C(C)NC(C)C#N. The predicted molar refractivity (Wildman–Crippen MR) is 49.9 cm³/mol. The molecule has 0 radical (unpaired) electrons. The number of rotatable bonds is 3. The Hall–Kier alpha value is -1.34. The third-order valence-corrected chi connectivity index (χ3v) is 1.96. The van der Waals surface area contributed by atoms with Gasteiger partial charge in [0.1, 0.15) is 5.82 Å². The highest BCUT2D eigenvalue weighted by Gasteiger charge is 2.08. The van der Waals surface area contributed by atoms with Crippen LogP contribution in [0.4, 0.5) is 0 Å². The minimum atomic E-state index is -0.142. The average Bonchev–Trinajstić information content (AvgIpc) is 2.51. The summed E-state index contributed by atoms with van der Waals surface area (Å²) >= 11 is 0. The largest absolute Gasteiger partial charge is 0.319 e. The molecule has 13 heavy (non-hydrogen) atoms. The van der Waals surface area contributed by atoms with E-state index in [2.05, 4.69) is 16.4 Å². The summed E-state index contributed by atoms with van der Waals surface area (Å²) in [4.78, 5) is 4.11. The first kappa shape index (κ1) is 9.75. The monoisotopic (exact) mass is 178 g/mol. The van der Waals surface area contributed by atoms with Crippen LogP contribution in [0, 0.1) is 18.3 Å². The van der Waals surface area contributed by atoms with Gasteiger partial charge in [0.05, 0.1) is 18.3 Å². The molecule has 0 aliphatic heterocycles. The van der Waals surface area contributed by atoms with E-state index in [-0.39, 0.29) is 12.2 Å². The van der Waals surface area contributed by atoms with Gasteiger partial charge in [0.2, 0.25) is 0 Å². The van der Waals surface area contributed by atoms with Crippen molar-refractivity contribution < 1.29 is 0 Å². The standard InChI is InChI=1S/C9H14N4/c1-7(6-10)12-9(3)13-5-4-11-8(13)2/h4-5,7,9,12H,1-3H3. The zero-order valence-corrected chi connectivity index (χ0v) is 8.15. The number of nitrogens with one attached hydrogen (secondary N) is 1. The van der Waals surface area contributed by atoms with Crippen molar-refractivity contribution in [2.75, 3.05) is 0 Å². The van der Waals surface area contributed by atoms with Gasteiger partial charge in [-0.25, -0.2) is 4.98 Å². The van der Waals surface area contributed by atoms with E-state index in [0.717, 1.165) is 5.82 Å². The lowest BCUT2D eigenvalue weighted by atomic mass is 10.3. The Morgan fingerprint density at radius 3 is 2.77 bits per heavy atom. The van der Waals surface area contributed by atoms with Crippen LogP contribution in [0.15, 0.2) is 12.4 Å². The molecule has 0 aromatic carbocycles. The van der Waals surface area contributed by atoms with Gasteiger partial charge in [-0.2, -0.15) is 5.26 Å². The van der Waals surface area contributed by atoms with Crippen molar-refractivity contribution in [2.45, 2.75) is 33.0 Å². The number of hydrogen-bond acceptors (Lipinski definition) is 3. The van der Waals surface area contributed by atoms with Gasteiger partial charge in [0.15, 0.2) is 0 Å². The fraction of sp³-hybridized carbons (Fsp3) is 0.556. The summed E-state index contributed by atoms with van der Waals surface area (Å²) in [6, 6.07) is 1.99. The molecule has 0 fully saturated rings. The smallest absolute Gasteiger partial charge is 0.106 e. The summed E-state index contributed by atoms with van der Waals surface area (Å²) in [6.07, 6.45) is 3.76. The predicted octanol–water partition coefficient (Wildman–Crippen LogP) is 1.21. The Morgan fingerprint density at radius 1 is 1.62 bits per heavy atom. The van der Waals surface area contributed by atoms with Gasteiger partial charge in [0, 0.05) is 12.4 Å². The van der Waals surface area contributed by atoms with Crippen molar-refractivity contribution in [2.24, 2.45) is 0 Å². The Bertz CT molecular complexity index is 310. The van der Waals surface area contributed by atoms with Crippen molar-refractivity contribution >= 4 is 0 Å². The van der Waals surface area contributed by atoms with Gasteiger partial charge >= 0.3 is 0 Å². The van der Waals surface area contributed by atoms with Crippen molar-refractivity contribution in [3.8, 4) is 6.07 Å². The normalized spacial score (nSPS) is 14.9. The second-order valence-corrected chi connectivity index (χ2v) is 3.08. The summed E-state index contributed by atoms with van der Waals surface area (Å²) in [5, 5.41) is 11.7. The zero-order chi connectivity index (χ0) is 9.84. The summed E-state index contributed by atoms with van der Waals surface area (Å²) in [5.74, 6) is 0.949. The molecule has 0 bridgehead atoms. The molecule has 1 N–H and O–H groups in total. The molecule has 0 saturated heterocycles.